The van der Waals surface area contributed by atoms with Gasteiger partial charge in [-0.1, -0.05) is 18.2 Å². The molecule has 0 unspecified atom stereocenters. The Labute approximate surface area is 130 Å². The Balaban J connectivity index is 2.12. The summed E-state index contributed by atoms with van der Waals surface area (Å²) in [5.74, 6) is -0.294. The number of esters is 1. The molecule has 0 atom stereocenters. The van der Waals surface area contributed by atoms with E-state index in [2.05, 4.69) is 0 Å². The highest BCUT2D eigenvalue weighted by Crippen LogP contribution is 2.16. The number of pyridine rings is 1. The van der Waals surface area contributed by atoms with Crippen LogP contribution >= 0.6 is 0 Å². The van der Waals surface area contributed by atoms with E-state index >= 15 is 0 Å². The highest BCUT2D eigenvalue weighted by molar-refractivity contribution is 5.70. The minimum atomic E-state index is -0.504. The third kappa shape index (κ3) is 4.32. The van der Waals surface area contributed by atoms with Crippen molar-refractivity contribution in [2.24, 2.45) is 0 Å². The number of aromatic nitrogens is 1. The van der Waals surface area contributed by atoms with Crippen LogP contribution in [-0.4, -0.2) is 11.6 Å². The molecule has 0 saturated carbocycles. The number of aryl methyl sites for hydroxylation is 1. The molecule has 0 aliphatic carbocycles. The summed E-state index contributed by atoms with van der Waals surface area (Å²) in [5, 5.41) is 12.4. The van der Waals surface area contributed by atoms with Crippen molar-refractivity contribution in [2.75, 3.05) is 0 Å². The molecule has 0 fully saturated rings. The van der Waals surface area contributed by atoms with E-state index in [1.54, 1.807) is 12.1 Å². The van der Waals surface area contributed by atoms with Crippen LogP contribution in [0.1, 0.15) is 32.9 Å². The second-order valence-corrected chi connectivity index (χ2v) is 6.15. The van der Waals surface area contributed by atoms with Crippen molar-refractivity contribution in [1.29, 1.82) is 0 Å². The van der Waals surface area contributed by atoms with Gasteiger partial charge in [-0.05, 0) is 39.0 Å². The van der Waals surface area contributed by atoms with Gasteiger partial charge < -0.3 is 9.94 Å². The number of hydrogen-bond acceptors (Lipinski definition) is 3. The molecule has 22 heavy (non-hydrogen) atoms. The minimum Gasteiger partial charge on any atom is -0.618 e. The fourth-order valence-electron chi connectivity index (χ4n) is 2.17. The zero-order chi connectivity index (χ0) is 16.2. The van der Waals surface area contributed by atoms with Crippen molar-refractivity contribution in [3.63, 3.8) is 0 Å². The zero-order valence-corrected chi connectivity index (χ0v) is 13.2. The number of ether oxygens (including phenoxy) is 1. The Bertz CT molecular complexity index is 645. The van der Waals surface area contributed by atoms with Crippen LogP contribution in [0.25, 0.3) is 11.3 Å². The molecule has 4 nitrogen and oxygen atoms in total. The molecule has 0 radical (unpaired) electrons. The molecule has 1 heterocycles. The van der Waals surface area contributed by atoms with Crippen molar-refractivity contribution < 1.29 is 14.3 Å². The summed E-state index contributed by atoms with van der Waals surface area (Å²) in [6.45, 7) is 5.48. The van der Waals surface area contributed by atoms with Gasteiger partial charge >= 0.3 is 5.97 Å². The van der Waals surface area contributed by atoms with Gasteiger partial charge in [0.2, 0.25) is 5.69 Å². The molecule has 0 N–H and O–H groups in total. The molecular weight excluding hydrogens is 278 g/mol. The first-order chi connectivity index (χ1) is 10.4. The lowest BCUT2D eigenvalue weighted by atomic mass is 10.1. The smallest absolute Gasteiger partial charge is 0.306 e. The minimum absolute atomic E-state index is 0.192. The van der Waals surface area contributed by atoms with Gasteiger partial charge in [-0.25, -0.2) is 0 Å². The summed E-state index contributed by atoms with van der Waals surface area (Å²) < 4.78 is 6.15. The summed E-state index contributed by atoms with van der Waals surface area (Å²) in [5.41, 5.74) is 1.50. The van der Waals surface area contributed by atoms with Gasteiger partial charge in [0.15, 0.2) is 5.69 Å². The van der Waals surface area contributed by atoms with E-state index < -0.39 is 5.60 Å². The molecule has 4 heteroatoms. The average molecular weight is 299 g/mol. The number of hydrogen-bond donors (Lipinski definition) is 0. The van der Waals surface area contributed by atoms with Crippen molar-refractivity contribution in [3.8, 4) is 11.3 Å². The van der Waals surface area contributed by atoms with Gasteiger partial charge in [0, 0.05) is 24.1 Å². The zero-order valence-electron chi connectivity index (χ0n) is 13.2. The summed E-state index contributed by atoms with van der Waals surface area (Å²) in [7, 11) is 0. The molecule has 0 spiro atoms. The first-order valence-electron chi connectivity index (χ1n) is 7.35. The Kier molecular flexibility index (Phi) is 4.81. The first-order valence-corrected chi connectivity index (χ1v) is 7.35. The number of rotatable bonds is 4. The molecule has 2 rings (SSSR count). The molecule has 1 aromatic carbocycles. The molecule has 0 bridgehead atoms. The van der Waals surface area contributed by atoms with Gasteiger partial charge in [-0.2, -0.15) is 4.73 Å². The Morgan fingerprint density at radius 2 is 1.77 bits per heavy atom. The molecule has 2 aromatic rings. The lowest BCUT2D eigenvalue weighted by Crippen LogP contribution is -2.35. The summed E-state index contributed by atoms with van der Waals surface area (Å²) in [6.07, 6.45) is 0.552. The van der Waals surface area contributed by atoms with Crippen LogP contribution in [0.2, 0.25) is 0 Å². The lowest BCUT2D eigenvalue weighted by Gasteiger charge is -2.19. The van der Waals surface area contributed by atoms with Crippen LogP contribution in [0.4, 0.5) is 0 Å². The first kappa shape index (κ1) is 16.0. The highest BCUT2D eigenvalue weighted by Gasteiger charge is 2.18. The molecule has 1 aromatic heterocycles. The summed E-state index contributed by atoms with van der Waals surface area (Å²) >= 11 is 0. The van der Waals surface area contributed by atoms with E-state index in [-0.39, 0.29) is 12.4 Å². The second kappa shape index (κ2) is 6.60. The maximum atomic E-state index is 12.4. The van der Waals surface area contributed by atoms with E-state index in [1.807, 2.05) is 57.2 Å². The fraction of sp³-hybridized carbons (Fsp3) is 0.333. The quantitative estimate of drug-likeness (QED) is 0.494. The molecule has 0 aliphatic heterocycles. The highest BCUT2D eigenvalue weighted by atomic mass is 16.6. The number of benzene rings is 1. The van der Waals surface area contributed by atoms with Gasteiger partial charge in [0.05, 0.1) is 6.42 Å². The molecular formula is C18H21NO3. The largest absolute Gasteiger partial charge is 0.618 e. The molecule has 116 valence electrons. The third-order valence-electron chi connectivity index (χ3n) is 3.10. The van der Waals surface area contributed by atoms with Crippen LogP contribution in [0.15, 0.2) is 48.5 Å². The van der Waals surface area contributed by atoms with Crippen molar-refractivity contribution in [2.45, 2.75) is 39.2 Å². The van der Waals surface area contributed by atoms with Crippen LogP contribution in [0, 0.1) is 5.21 Å². The van der Waals surface area contributed by atoms with E-state index in [9.17, 15) is 10.0 Å². The van der Waals surface area contributed by atoms with Crippen molar-refractivity contribution in [3.05, 3.63) is 59.4 Å². The molecule has 0 saturated heterocycles. The van der Waals surface area contributed by atoms with Gasteiger partial charge in [0.25, 0.3) is 0 Å². The molecule has 0 aliphatic rings. The summed E-state index contributed by atoms with van der Waals surface area (Å²) in [4.78, 5) is 11.8. The van der Waals surface area contributed by atoms with Crippen molar-refractivity contribution >= 4 is 5.97 Å². The van der Waals surface area contributed by atoms with E-state index in [1.165, 1.54) is 0 Å². The molecule has 0 amide bonds. The third-order valence-corrected chi connectivity index (χ3v) is 3.10. The summed E-state index contributed by atoms with van der Waals surface area (Å²) in [6, 6.07) is 14.8. The fourth-order valence-corrected chi connectivity index (χ4v) is 2.17. The maximum Gasteiger partial charge on any atom is 0.306 e. The van der Waals surface area contributed by atoms with Gasteiger partial charge in [0.1, 0.15) is 5.60 Å². The van der Waals surface area contributed by atoms with Crippen LogP contribution in [0.5, 0.6) is 0 Å². The topological polar surface area (TPSA) is 53.2 Å². The SMILES string of the molecule is CC(C)(C)OC(=O)CCc1cccc(-c2ccccc2)[n+]1[O-]. The van der Waals surface area contributed by atoms with E-state index in [0.717, 1.165) is 10.3 Å². The second-order valence-electron chi connectivity index (χ2n) is 6.15. The van der Waals surface area contributed by atoms with Crippen LogP contribution < -0.4 is 4.73 Å². The van der Waals surface area contributed by atoms with Crippen molar-refractivity contribution in [1.82, 2.24) is 0 Å². The monoisotopic (exact) mass is 299 g/mol. The normalized spacial score (nSPS) is 11.2. The van der Waals surface area contributed by atoms with Crippen LogP contribution in [-0.2, 0) is 16.0 Å². The lowest BCUT2D eigenvalue weighted by molar-refractivity contribution is -0.602. The Morgan fingerprint density at radius 3 is 2.41 bits per heavy atom. The Morgan fingerprint density at radius 1 is 1.09 bits per heavy atom. The maximum absolute atomic E-state index is 12.4. The Hall–Kier alpha value is -2.36. The predicted octanol–water partition coefficient (Wildman–Crippen LogP) is 3.26. The van der Waals surface area contributed by atoms with Crippen LogP contribution in [0.3, 0.4) is 0 Å². The van der Waals surface area contributed by atoms with E-state index in [0.29, 0.717) is 17.8 Å². The number of nitrogens with zero attached hydrogens (tertiary/aromatic N) is 1. The van der Waals surface area contributed by atoms with E-state index in [4.69, 9.17) is 4.74 Å². The predicted molar refractivity (Wildman–Crippen MR) is 85.0 cm³/mol. The van der Waals surface area contributed by atoms with Gasteiger partial charge in [-0.3, -0.25) is 4.79 Å². The average Bonchev–Trinajstić information content (AvgIpc) is 2.45. The number of carbonyl (C=O) groups is 1. The number of carbonyl (C=O) groups excluding carboxylic acids is 1. The van der Waals surface area contributed by atoms with Gasteiger partial charge in [-0.15, -0.1) is 0 Å². The standard InChI is InChI=1S/C18H21NO3/c1-18(2,3)22-17(20)13-12-15-10-7-11-16(19(15)21)14-8-5-4-6-9-14/h4-11H,12-13H2,1-3H3.